The molecule has 0 spiro atoms. The van der Waals surface area contributed by atoms with Crippen molar-refractivity contribution in [3.05, 3.63) is 64.2 Å². The highest BCUT2D eigenvalue weighted by Crippen LogP contribution is 2.33. The average molecular weight is 548 g/mol. The number of carbonyl (C=O) groups excluding carboxylic acids is 4. The summed E-state index contributed by atoms with van der Waals surface area (Å²) in [4.78, 5) is 56.3. The Balaban J connectivity index is 1.20. The van der Waals surface area contributed by atoms with Crippen LogP contribution in [0.1, 0.15) is 57.2 Å². The number of likely N-dealkylation sites (N-methyl/N-ethyl adjacent to an activating group) is 1. The molecule has 1 unspecified atom stereocenters. The molecule has 0 radical (unpaired) electrons. The summed E-state index contributed by atoms with van der Waals surface area (Å²) in [5, 5.41) is 5.57. The Morgan fingerprint density at radius 1 is 1.10 bits per heavy atom. The maximum Gasteiger partial charge on any atom is 0.264 e. The average Bonchev–Trinajstić information content (AvgIpc) is 3.17. The van der Waals surface area contributed by atoms with Gasteiger partial charge in [-0.15, -0.1) is 0 Å². The lowest BCUT2D eigenvalue weighted by Gasteiger charge is -2.45. The van der Waals surface area contributed by atoms with E-state index in [0.29, 0.717) is 18.3 Å². The van der Waals surface area contributed by atoms with Crippen LogP contribution >= 0.6 is 0 Å². The largest absolute Gasteiger partial charge is 0.383 e. The summed E-state index contributed by atoms with van der Waals surface area (Å²) < 4.78 is 5.24. The molecule has 3 aliphatic heterocycles. The molecule has 1 atom stereocenters. The number of hydrogen-bond donors (Lipinski definition) is 2. The van der Waals surface area contributed by atoms with Crippen molar-refractivity contribution in [3.8, 4) is 0 Å². The topological polar surface area (TPSA) is 111 Å². The van der Waals surface area contributed by atoms with E-state index in [-0.39, 0.29) is 24.0 Å². The maximum atomic E-state index is 13.3. The summed E-state index contributed by atoms with van der Waals surface area (Å²) in [6, 6.07) is 11.2. The number of aryl methyl sites for hydroxylation is 1. The second kappa shape index (κ2) is 11.9. The van der Waals surface area contributed by atoms with Crippen LogP contribution in [0.3, 0.4) is 0 Å². The minimum Gasteiger partial charge on any atom is -0.383 e. The monoisotopic (exact) mass is 547 g/mol. The highest BCUT2D eigenvalue weighted by atomic mass is 16.5. The number of rotatable bonds is 11. The van der Waals surface area contributed by atoms with E-state index in [1.807, 2.05) is 0 Å². The number of benzene rings is 2. The lowest BCUT2D eigenvalue weighted by molar-refractivity contribution is -0.136. The zero-order valence-corrected chi connectivity index (χ0v) is 23.4. The van der Waals surface area contributed by atoms with Crippen molar-refractivity contribution in [1.29, 1.82) is 0 Å². The number of carbonyl (C=O) groups is 4. The summed E-state index contributed by atoms with van der Waals surface area (Å²) in [5.74, 6) is -2.02. The lowest BCUT2D eigenvalue weighted by atomic mass is 10.0. The molecule has 5 rings (SSSR count). The Kier molecular flexibility index (Phi) is 8.30. The first-order valence-electron chi connectivity index (χ1n) is 13.9. The lowest BCUT2D eigenvalue weighted by Crippen LogP contribution is -2.59. The summed E-state index contributed by atoms with van der Waals surface area (Å²) in [6.07, 6.45) is 0.224. The van der Waals surface area contributed by atoms with Gasteiger partial charge in [0.25, 0.3) is 11.8 Å². The first kappa shape index (κ1) is 27.9. The molecule has 40 heavy (non-hydrogen) atoms. The fourth-order valence-electron chi connectivity index (χ4n) is 5.88. The van der Waals surface area contributed by atoms with Crippen molar-refractivity contribution in [2.45, 2.75) is 51.9 Å². The highest BCUT2D eigenvalue weighted by molar-refractivity contribution is 6.25. The molecule has 0 bridgehead atoms. The number of imide groups is 2. The molecule has 2 N–H and O–H groups in total. The van der Waals surface area contributed by atoms with E-state index in [1.165, 1.54) is 5.56 Å². The Bertz CT molecular complexity index is 1320. The number of fused-ring (bicyclic) bond motifs is 1. The molecule has 0 saturated carbocycles. The third kappa shape index (κ3) is 5.52. The maximum absolute atomic E-state index is 13.3. The van der Waals surface area contributed by atoms with Crippen molar-refractivity contribution in [2.24, 2.45) is 0 Å². The zero-order chi connectivity index (χ0) is 28.4. The Labute approximate surface area is 234 Å². The van der Waals surface area contributed by atoms with Gasteiger partial charge >= 0.3 is 0 Å². The number of likely N-dealkylation sites (tertiary alicyclic amines) is 1. The standard InChI is InChI=1S/C30H37N5O5/c1-4-34(12-13-40-3)22-17-33(18-22)16-20-8-9-21(19(2)14-20)15-31-24-7-5-6-23-27(24)30(39)35(29(23)38)25-10-11-26(36)32-28(25)37/h5-9,14,22,25,31H,4,10-13,15-18H2,1-3H3,(H,32,36,37). The molecule has 0 aliphatic carbocycles. The molecule has 3 heterocycles. The molecule has 212 valence electrons. The molecular weight excluding hydrogens is 510 g/mol. The van der Waals surface area contributed by atoms with Gasteiger partial charge in [0.1, 0.15) is 6.04 Å². The normalized spacial score (nSPS) is 19.7. The Hall–Kier alpha value is -3.60. The Morgan fingerprint density at radius 3 is 2.60 bits per heavy atom. The van der Waals surface area contributed by atoms with Crippen LogP contribution in [0, 0.1) is 6.92 Å². The highest BCUT2D eigenvalue weighted by Gasteiger charge is 2.45. The summed E-state index contributed by atoms with van der Waals surface area (Å²) in [6.45, 7) is 10.5. The molecule has 2 saturated heterocycles. The molecule has 2 aromatic carbocycles. The fraction of sp³-hybridized carbons (Fsp3) is 0.467. The van der Waals surface area contributed by atoms with E-state index >= 15 is 0 Å². The molecule has 3 aliphatic rings. The van der Waals surface area contributed by atoms with Crippen molar-refractivity contribution < 1.29 is 23.9 Å². The summed E-state index contributed by atoms with van der Waals surface area (Å²) >= 11 is 0. The number of nitrogens with zero attached hydrogens (tertiary/aromatic N) is 3. The van der Waals surface area contributed by atoms with Crippen molar-refractivity contribution in [2.75, 3.05) is 45.2 Å². The van der Waals surface area contributed by atoms with Crippen LogP contribution in [-0.4, -0.2) is 90.3 Å². The van der Waals surface area contributed by atoms with Crippen molar-refractivity contribution >= 4 is 29.3 Å². The number of amides is 4. The van der Waals surface area contributed by atoms with E-state index in [0.717, 1.165) is 55.4 Å². The molecule has 10 nitrogen and oxygen atoms in total. The van der Waals surface area contributed by atoms with E-state index < -0.39 is 29.7 Å². The SMILES string of the molecule is CCN(CCOC)C1CN(Cc2ccc(CNc3cccc4c3C(=O)N(C3CCC(=O)NC3=O)C4=O)c(C)c2)C1. The number of hydrogen-bond acceptors (Lipinski definition) is 8. The van der Waals surface area contributed by atoms with E-state index in [4.69, 9.17) is 4.74 Å². The van der Waals surface area contributed by atoms with Gasteiger partial charge in [0.2, 0.25) is 11.8 Å². The van der Waals surface area contributed by atoms with Crippen molar-refractivity contribution in [1.82, 2.24) is 20.0 Å². The van der Waals surface area contributed by atoms with Gasteiger partial charge in [-0.05, 0) is 48.7 Å². The van der Waals surface area contributed by atoms with Crippen LogP contribution in [-0.2, 0) is 27.4 Å². The fourth-order valence-corrected chi connectivity index (χ4v) is 5.88. The van der Waals surface area contributed by atoms with Gasteiger partial charge in [-0.1, -0.05) is 31.2 Å². The van der Waals surface area contributed by atoms with Gasteiger partial charge in [0.15, 0.2) is 0 Å². The molecule has 10 heteroatoms. The van der Waals surface area contributed by atoms with Crippen LogP contribution < -0.4 is 10.6 Å². The van der Waals surface area contributed by atoms with Crippen molar-refractivity contribution in [3.63, 3.8) is 0 Å². The predicted molar refractivity (Wildman–Crippen MR) is 150 cm³/mol. The number of nitrogens with one attached hydrogen (secondary N) is 2. The first-order valence-corrected chi connectivity index (χ1v) is 13.9. The summed E-state index contributed by atoms with van der Waals surface area (Å²) in [5.41, 5.74) is 4.60. The minimum absolute atomic E-state index is 0.0914. The van der Waals surface area contributed by atoms with Crippen LogP contribution in [0.4, 0.5) is 5.69 Å². The molecule has 4 amide bonds. The van der Waals surface area contributed by atoms with E-state index in [1.54, 1.807) is 25.3 Å². The van der Waals surface area contributed by atoms with Crippen LogP contribution in [0.15, 0.2) is 36.4 Å². The third-order valence-electron chi connectivity index (χ3n) is 8.19. The van der Waals surface area contributed by atoms with Gasteiger partial charge in [-0.3, -0.25) is 39.2 Å². The quantitative estimate of drug-likeness (QED) is 0.412. The van der Waals surface area contributed by atoms with Gasteiger partial charge < -0.3 is 10.1 Å². The second-order valence-corrected chi connectivity index (χ2v) is 10.8. The number of piperidine rings is 1. The zero-order valence-electron chi connectivity index (χ0n) is 23.4. The first-order chi connectivity index (χ1) is 19.3. The van der Waals surface area contributed by atoms with Crippen LogP contribution in [0.25, 0.3) is 0 Å². The van der Waals surface area contributed by atoms with E-state index in [2.05, 4.69) is 52.5 Å². The predicted octanol–water partition coefficient (Wildman–Crippen LogP) is 2.16. The molecule has 2 fully saturated rings. The number of ether oxygens (including phenoxy) is 1. The van der Waals surface area contributed by atoms with E-state index in [9.17, 15) is 19.2 Å². The van der Waals surface area contributed by atoms with Crippen LogP contribution in [0.5, 0.6) is 0 Å². The summed E-state index contributed by atoms with van der Waals surface area (Å²) in [7, 11) is 1.74. The minimum atomic E-state index is -0.982. The van der Waals surface area contributed by atoms with Crippen LogP contribution in [0.2, 0.25) is 0 Å². The molecule has 2 aromatic rings. The van der Waals surface area contributed by atoms with Gasteiger partial charge in [-0.25, -0.2) is 0 Å². The smallest absolute Gasteiger partial charge is 0.264 e. The molecular formula is C30H37N5O5. The van der Waals surface area contributed by atoms with Gasteiger partial charge in [-0.2, -0.15) is 0 Å². The van der Waals surface area contributed by atoms with Gasteiger partial charge in [0.05, 0.1) is 17.7 Å². The molecule has 0 aromatic heterocycles. The third-order valence-corrected chi connectivity index (χ3v) is 8.19. The number of anilines is 1. The number of methoxy groups -OCH3 is 1. The Morgan fingerprint density at radius 2 is 1.90 bits per heavy atom. The van der Waals surface area contributed by atoms with Gasteiger partial charge in [0, 0.05) is 58.0 Å². The second-order valence-electron chi connectivity index (χ2n) is 10.8.